The maximum absolute atomic E-state index is 11.5. The van der Waals surface area contributed by atoms with E-state index in [9.17, 15) is 4.79 Å². The molecule has 1 amide bonds. The predicted molar refractivity (Wildman–Crippen MR) is 145 cm³/mol. The fourth-order valence-electron chi connectivity index (χ4n) is 4.20. The summed E-state index contributed by atoms with van der Waals surface area (Å²) >= 11 is 0. The number of para-hydroxylation sites is 2. The number of hydrogen-bond donors (Lipinski definition) is 2. The number of aromatic nitrogens is 3. The van der Waals surface area contributed by atoms with E-state index in [1.54, 1.807) is 0 Å². The first kappa shape index (κ1) is 23.2. The molecule has 1 aromatic heterocycles. The van der Waals surface area contributed by atoms with Gasteiger partial charge in [0.05, 0.1) is 45.4 Å². The third kappa shape index (κ3) is 4.81. The molecule has 2 heterocycles. The summed E-state index contributed by atoms with van der Waals surface area (Å²) in [4.78, 5) is 25.8. The zero-order valence-electron chi connectivity index (χ0n) is 20.8. The van der Waals surface area contributed by atoms with Gasteiger partial charge < -0.3 is 15.2 Å². The topological polar surface area (TPSA) is 84.2 Å². The third-order valence-corrected chi connectivity index (χ3v) is 5.73. The van der Waals surface area contributed by atoms with Crippen LogP contribution in [0.25, 0.3) is 28.1 Å². The first-order chi connectivity index (χ1) is 17.4. The van der Waals surface area contributed by atoms with Crippen LogP contribution in [0.2, 0.25) is 0 Å². The summed E-state index contributed by atoms with van der Waals surface area (Å²) < 4.78 is 2.19. The average Bonchev–Trinajstić information content (AvgIpc) is 2.84. The lowest BCUT2D eigenvalue weighted by Crippen LogP contribution is -2.16. The van der Waals surface area contributed by atoms with Crippen molar-refractivity contribution in [2.45, 2.75) is 33.7 Å². The summed E-state index contributed by atoms with van der Waals surface area (Å²) in [6.45, 7) is 7.60. The number of aryl methyl sites for hydroxylation is 1. The minimum absolute atomic E-state index is 0.0982. The van der Waals surface area contributed by atoms with E-state index >= 15 is 0 Å². The second-order valence-electron chi connectivity index (χ2n) is 9.06. The van der Waals surface area contributed by atoms with Gasteiger partial charge in [-0.1, -0.05) is 12.1 Å². The van der Waals surface area contributed by atoms with E-state index in [4.69, 9.17) is 9.98 Å². The van der Waals surface area contributed by atoms with Crippen LogP contribution in [0.5, 0.6) is 0 Å². The van der Waals surface area contributed by atoms with Gasteiger partial charge in [0.2, 0.25) is 5.91 Å². The Kier molecular flexibility index (Phi) is 6.21. The van der Waals surface area contributed by atoms with Crippen molar-refractivity contribution in [1.82, 2.24) is 14.5 Å². The molecule has 1 aliphatic carbocycles. The van der Waals surface area contributed by atoms with E-state index in [1.807, 2.05) is 73.8 Å². The van der Waals surface area contributed by atoms with Crippen LogP contribution in [-0.2, 0) is 4.79 Å². The number of nitrogens with zero attached hydrogens (tertiary/aromatic N) is 4. The molecule has 7 nitrogen and oxygen atoms in total. The first-order valence-corrected chi connectivity index (χ1v) is 11.9. The Bertz CT molecular complexity index is 1580. The molecule has 180 valence electrons. The fourth-order valence-corrected chi connectivity index (χ4v) is 4.20. The second-order valence-corrected chi connectivity index (χ2v) is 9.06. The van der Waals surface area contributed by atoms with Gasteiger partial charge >= 0.3 is 0 Å². The molecule has 2 aliphatic rings. The van der Waals surface area contributed by atoms with Crippen LogP contribution in [0.15, 0.2) is 84.0 Å². The minimum Gasteiger partial charge on any atom is -0.352 e. The molecule has 5 rings (SSSR count). The number of fused-ring (bicyclic) bond motifs is 2. The normalized spacial score (nSPS) is 11.9. The van der Waals surface area contributed by atoms with Gasteiger partial charge in [-0.25, -0.2) is 4.98 Å². The summed E-state index contributed by atoms with van der Waals surface area (Å²) in [7, 11) is 0. The molecule has 1 aliphatic heterocycles. The highest BCUT2D eigenvalue weighted by molar-refractivity contribution is 5.89. The Labute approximate surface area is 209 Å². The number of carbonyl (C=O) groups is 1. The van der Waals surface area contributed by atoms with Gasteiger partial charge in [-0.05, 0) is 81.4 Å². The van der Waals surface area contributed by atoms with Crippen LogP contribution in [0.4, 0.5) is 17.1 Å². The molecule has 36 heavy (non-hydrogen) atoms. The van der Waals surface area contributed by atoms with Crippen LogP contribution < -0.4 is 16.0 Å². The van der Waals surface area contributed by atoms with Gasteiger partial charge in [-0.3, -0.25) is 14.8 Å². The van der Waals surface area contributed by atoms with E-state index in [2.05, 4.69) is 46.2 Å². The zero-order valence-corrected chi connectivity index (χ0v) is 20.8. The van der Waals surface area contributed by atoms with Gasteiger partial charge in [0.25, 0.3) is 0 Å². The van der Waals surface area contributed by atoms with Crippen LogP contribution in [-0.4, -0.2) is 26.5 Å². The Morgan fingerprint density at radius 3 is 2.42 bits per heavy atom. The number of nitrogens with one attached hydrogen (secondary N) is 2. The minimum atomic E-state index is -0.0982. The standard InChI is InChI=1S/C29H28N6O/c1-18(2)31-26-16-29-27(15-25(26)33-22-10-9-19(3)30-17-22)34-24-7-5-6-8-28(24)35(29)23-13-11-21(12-14-23)32-20(4)36/h5-18,33H,1-4H3,(H,32,36)/b31-26+. The molecule has 0 unspecified atom stereocenters. The quantitative estimate of drug-likeness (QED) is 0.312. The number of carbonyl (C=O) groups excluding carboxylic acids is 1. The summed E-state index contributed by atoms with van der Waals surface area (Å²) in [5.74, 6) is -0.0982. The van der Waals surface area contributed by atoms with Gasteiger partial charge in [-0.2, -0.15) is 0 Å². The third-order valence-electron chi connectivity index (χ3n) is 5.73. The van der Waals surface area contributed by atoms with E-state index in [1.165, 1.54) is 6.92 Å². The first-order valence-electron chi connectivity index (χ1n) is 11.9. The Hall–Kier alpha value is -4.52. The van der Waals surface area contributed by atoms with Gasteiger partial charge in [-0.15, -0.1) is 0 Å². The van der Waals surface area contributed by atoms with Crippen molar-refractivity contribution in [1.29, 1.82) is 0 Å². The molecular weight excluding hydrogens is 448 g/mol. The molecule has 0 fully saturated rings. The van der Waals surface area contributed by atoms with Gasteiger partial charge in [0.1, 0.15) is 0 Å². The second kappa shape index (κ2) is 9.62. The smallest absolute Gasteiger partial charge is 0.221 e. The van der Waals surface area contributed by atoms with Crippen LogP contribution in [0.1, 0.15) is 26.5 Å². The van der Waals surface area contributed by atoms with E-state index < -0.39 is 0 Å². The Morgan fingerprint density at radius 1 is 0.972 bits per heavy atom. The number of benzene rings is 3. The molecule has 0 spiro atoms. The maximum atomic E-state index is 11.5. The van der Waals surface area contributed by atoms with Crippen molar-refractivity contribution in [3.8, 4) is 17.1 Å². The molecule has 0 bridgehead atoms. The Morgan fingerprint density at radius 2 is 1.72 bits per heavy atom. The molecule has 7 heteroatoms. The lowest BCUT2D eigenvalue weighted by molar-refractivity contribution is -0.114. The lowest BCUT2D eigenvalue weighted by atomic mass is 10.1. The summed E-state index contributed by atoms with van der Waals surface area (Å²) in [6.07, 6.45) is 1.82. The van der Waals surface area contributed by atoms with Crippen molar-refractivity contribution < 1.29 is 4.79 Å². The lowest BCUT2D eigenvalue weighted by Gasteiger charge is -2.20. The summed E-state index contributed by atoms with van der Waals surface area (Å²) in [6, 6.07) is 24.1. The van der Waals surface area contributed by atoms with Crippen LogP contribution >= 0.6 is 0 Å². The van der Waals surface area contributed by atoms with E-state index in [0.717, 1.165) is 56.2 Å². The van der Waals surface area contributed by atoms with Crippen molar-refractivity contribution in [3.05, 3.63) is 90.0 Å². The van der Waals surface area contributed by atoms with Crippen molar-refractivity contribution in [3.63, 3.8) is 0 Å². The molecule has 3 aromatic rings. The monoisotopic (exact) mass is 476 g/mol. The molecule has 0 radical (unpaired) electrons. The highest BCUT2D eigenvalue weighted by atomic mass is 16.1. The molecule has 0 saturated carbocycles. The molecule has 0 saturated heterocycles. The molecular formula is C29H28N6O. The largest absolute Gasteiger partial charge is 0.352 e. The maximum Gasteiger partial charge on any atom is 0.221 e. The number of pyridine rings is 1. The fraction of sp³-hybridized carbons (Fsp3) is 0.172. The van der Waals surface area contributed by atoms with Gasteiger partial charge in [0, 0.05) is 30.0 Å². The highest BCUT2D eigenvalue weighted by Crippen LogP contribution is 2.30. The number of rotatable bonds is 5. The van der Waals surface area contributed by atoms with E-state index in [0.29, 0.717) is 0 Å². The molecule has 0 atom stereocenters. The predicted octanol–water partition coefficient (Wildman–Crippen LogP) is 5.84. The number of hydrogen-bond acceptors (Lipinski definition) is 5. The van der Waals surface area contributed by atoms with Crippen LogP contribution in [0.3, 0.4) is 0 Å². The summed E-state index contributed by atoms with van der Waals surface area (Å²) in [5.41, 5.74) is 8.08. The molecule has 2 aromatic carbocycles. The van der Waals surface area contributed by atoms with Crippen molar-refractivity contribution in [2.24, 2.45) is 4.99 Å². The Balaban J connectivity index is 1.74. The van der Waals surface area contributed by atoms with Gasteiger partial charge in [0.15, 0.2) is 0 Å². The van der Waals surface area contributed by atoms with Crippen molar-refractivity contribution >= 4 is 34.0 Å². The zero-order chi connectivity index (χ0) is 25.2. The van der Waals surface area contributed by atoms with Crippen molar-refractivity contribution in [2.75, 3.05) is 10.6 Å². The number of amides is 1. The SMILES string of the molecule is CC(=O)Nc1ccc(-n2c3c/c(=N\C(C)C)c(Nc4ccc(C)nc4)cc-3nc3ccccc32)cc1. The summed E-state index contributed by atoms with van der Waals surface area (Å²) in [5, 5.41) is 7.16. The highest BCUT2D eigenvalue weighted by Gasteiger charge is 2.17. The van der Waals surface area contributed by atoms with E-state index in [-0.39, 0.29) is 11.9 Å². The number of anilines is 3. The average molecular weight is 477 g/mol. The molecule has 2 N–H and O–H groups in total. The van der Waals surface area contributed by atoms with Crippen LogP contribution in [0, 0.1) is 6.92 Å².